The summed E-state index contributed by atoms with van der Waals surface area (Å²) in [6.07, 6.45) is 2.78. The van der Waals surface area contributed by atoms with Crippen molar-refractivity contribution in [3.63, 3.8) is 0 Å². The van der Waals surface area contributed by atoms with E-state index in [0.29, 0.717) is 24.5 Å². The number of benzene rings is 2. The minimum atomic E-state index is -0.126. The van der Waals surface area contributed by atoms with Gasteiger partial charge in [-0.15, -0.1) is 0 Å². The molecule has 0 unspecified atom stereocenters. The Labute approximate surface area is 179 Å². The number of nitrogens with zero attached hydrogens (tertiary/aromatic N) is 3. The van der Waals surface area contributed by atoms with Crippen LogP contribution in [-0.4, -0.2) is 46.2 Å². The molecule has 5 rings (SSSR count). The fourth-order valence-corrected chi connectivity index (χ4v) is 4.02. The minimum absolute atomic E-state index is 0.126. The molecule has 1 N–H and O–H groups in total. The van der Waals surface area contributed by atoms with Crippen LogP contribution in [0.2, 0.25) is 0 Å². The van der Waals surface area contributed by atoms with Crippen LogP contribution in [0, 0.1) is 0 Å². The fourth-order valence-electron chi connectivity index (χ4n) is 4.02. The van der Waals surface area contributed by atoms with Crippen molar-refractivity contribution in [3.05, 3.63) is 77.9 Å². The molecule has 0 bridgehead atoms. The van der Waals surface area contributed by atoms with Crippen LogP contribution in [-0.2, 0) is 12.8 Å². The number of nitrogens with one attached hydrogen (secondary N) is 1. The van der Waals surface area contributed by atoms with E-state index in [0.717, 1.165) is 41.1 Å². The van der Waals surface area contributed by atoms with Gasteiger partial charge in [0.1, 0.15) is 5.75 Å². The number of fused-ring (bicyclic) bond motifs is 1. The van der Waals surface area contributed by atoms with Gasteiger partial charge in [0.25, 0.3) is 5.91 Å². The molecule has 1 aliphatic rings. The van der Waals surface area contributed by atoms with Crippen molar-refractivity contribution < 1.29 is 13.9 Å². The normalized spacial score (nSPS) is 13.5. The van der Waals surface area contributed by atoms with E-state index < -0.39 is 0 Å². The van der Waals surface area contributed by atoms with E-state index in [4.69, 9.17) is 9.15 Å². The molecule has 4 aromatic rings. The van der Waals surface area contributed by atoms with Gasteiger partial charge in [-0.2, -0.15) is 5.10 Å². The number of methoxy groups -OCH3 is 1. The van der Waals surface area contributed by atoms with Gasteiger partial charge >= 0.3 is 0 Å². The maximum absolute atomic E-state index is 13.3. The molecule has 0 spiro atoms. The number of carbonyl (C=O) groups is 1. The molecule has 0 radical (unpaired) electrons. The van der Waals surface area contributed by atoms with Crippen molar-refractivity contribution in [2.75, 3.05) is 20.2 Å². The zero-order valence-electron chi connectivity index (χ0n) is 17.2. The number of carbonyl (C=O) groups excluding carboxylic acids is 1. The Morgan fingerprint density at radius 1 is 1.03 bits per heavy atom. The predicted octanol–water partition coefficient (Wildman–Crippen LogP) is 3.98. The number of aromatic amines is 1. The molecule has 1 amide bonds. The smallest absolute Gasteiger partial charge is 0.276 e. The lowest BCUT2D eigenvalue weighted by molar-refractivity contribution is 0.0758. The monoisotopic (exact) mass is 414 g/mol. The minimum Gasteiger partial charge on any atom is -0.497 e. The lowest BCUT2D eigenvalue weighted by Gasteiger charge is -2.19. The molecular formula is C24H22N4O3. The maximum atomic E-state index is 13.3. The molecule has 0 saturated carbocycles. The van der Waals surface area contributed by atoms with E-state index in [-0.39, 0.29) is 5.91 Å². The number of rotatable bonds is 4. The molecule has 0 saturated heterocycles. The van der Waals surface area contributed by atoms with Crippen molar-refractivity contribution in [1.82, 2.24) is 20.1 Å². The third-order valence-electron chi connectivity index (χ3n) is 5.67. The van der Waals surface area contributed by atoms with Crippen LogP contribution >= 0.6 is 0 Å². The first-order valence-electron chi connectivity index (χ1n) is 10.2. The Hall–Kier alpha value is -3.87. The fraction of sp³-hybridized carbons (Fsp3) is 0.208. The van der Waals surface area contributed by atoms with E-state index in [1.54, 1.807) is 7.11 Å². The van der Waals surface area contributed by atoms with E-state index in [1.807, 2.05) is 47.4 Å². The van der Waals surface area contributed by atoms with Crippen molar-refractivity contribution in [3.8, 4) is 28.3 Å². The Morgan fingerprint density at radius 3 is 2.58 bits per heavy atom. The van der Waals surface area contributed by atoms with Gasteiger partial charge in [-0.3, -0.25) is 9.89 Å². The van der Waals surface area contributed by atoms with E-state index in [1.165, 1.54) is 12.0 Å². The van der Waals surface area contributed by atoms with Crippen LogP contribution in [0.5, 0.6) is 5.75 Å². The summed E-state index contributed by atoms with van der Waals surface area (Å²) in [5.41, 5.74) is 5.43. The second-order valence-electron chi connectivity index (χ2n) is 7.45. The molecule has 2 aromatic carbocycles. The van der Waals surface area contributed by atoms with Gasteiger partial charge in [-0.25, -0.2) is 4.98 Å². The highest BCUT2D eigenvalue weighted by Crippen LogP contribution is 2.29. The zero-order chi connectivity index (χ0) is 21.2. The molecule has 3 heterocycles. The first kappa shape index (κ1) is 19.1. The van der Waals surface area contributed by atoms with Gasteiger partial charge < -0.3 is 14.1 Å². The van der Waals surface area contributed by atoms with Gasteiger partial charge in [0.15, 0.2) is 17.8 Å². The Bertz CT molecular complexity index is 1200. The number of hydrogen-bond acceptors (Lipinski definition) is 5. The summed E-state index contributed by atoms with van der Waals surface area (Å²) in [5.74, 6) is 1.09. The van der Waals surface area contributed by atoms with Crippen molar-refractivity contribution in [2.24, 2.45) is 0 Å². The highest BCUT2D eigenvalue weighted by molar-refractivity contribution is 5.97. The van der Waals surface area contributed by atoms with E-state index >= 15 is 0 Å². The largest absolute Gasteiger partial charge is 0.497 e. The van der Waals surface area contributed by atoms with Crippen LogP contribution in [0.15, 0.2) is 65.4 Å². The predicted molar refractivity (Wildman–Crippen MR) is 116 cm³/mol. The third kappa shape index (κ3) is 3.59. The summed E-state index contributed by atoms with van der Waals surface area (Å²) in [7, 11) is 1.62. The van der Waals surface area contributed by atoms with Crippen molar-refractivity contribution >= 4 is 5.91 Å². The molecule has 0 aliphatic carbocycles. The van der Waals surface area contributed by atoms with Crippen LogP contribution < -0.4 is 4.74 Å². The highest BCUT2D eigenvalue weighted by atomic mass is 16.5. The van der Waals surface area contributed by atoms with Crippen LogP contribution in [0.25, 0.3) is 22.6 Å². The second kappa shape index (κ2) is 8.10. The van der Waals surface area contributed by atoms with Crippen molar-refractivity contribution in [2.45, 2.75) is 12.8 Å². The molecule has 156 valence electrons. The van der Waals surface area contributed by atoms with Crippen molar-refractivity contribution in [1.29, 1.82) is 0 Å². The number of hydrogen-bond donors (Lipinski definition) is 1. The third-order valence-corrected chi connectivity index (χ3v) is 5.67. The van der Waals surface area contributed by atoms with Crippen LogP contribution in [0.4, 0.5) is 0 Å². The van der Waals surface area contributed by atoms with Gasteiger partial charge in [-0.05, 0) is 30.7 Å². The molecule has 1 aliphatic heterocycles. The Kier molecular flexibility index (Phi) is 5.00. The number of amides is 1. The lowest BCUT2D eigenvalue weighted by Crippen LogP contribution is -2.34. The summed E-state index contributed by atoms with van der Waals surface area (Å²) in [6.45, 7) is 1.19. The molecule has 31 heavy (non-hydrogen) atoms. The quantitative estimate of drug-likeness (QED) is 0.546. The zero-order valence-corrected chi connectivity index (χ0v) is 17.2. The molecule has 7 heteroatoms. The summed E-state index contributed by atoms with van der Waals surface area (Å²) >= 11 is 0. The molecule has 0 atom stereocenters. The lowest BCUT2D eigenvalue weighted by atomic mass is 10.0. The van der Waals surface area contributed by atoms with E-state index in [9.17, 15) is 4.79 Å². The molecule has 7 nitrogen and oxygen atoms in total. The Balaban J connectivity index is 1.37. The molecular weight excluding hydrogens is 392 g/mol. The summed E-state index contributed by atoms with van der Waals surface area (Å²) in [4.78, 5) is 19.4. The van der Waals surface area contributed by atoms with E-state index in [2.05, 4.69) is 27.3 Å². The number of oxazole rings is 1. The number of H-pyrrole nitrogens is 1. The van der Waals surface area contributed by atoms with Gasteiger partial charge in [0.2, 0.25) is 0 Å². The number of aromatic nitrogens is 3. The maximum Gasteiger partial charge on any atom is 0.276 e. The molecule has 0 fully saturated rings. The topological polar surface area (TPSA) is 84.3 Å². The summed E-state index contributed by atoms with van der Waals surface area (Å²) in [6, 6.07) is 17.5. The van der Waals surface area contributed by atoms with Gasteiger partial charge in [0.05, 0.1) is 12.8 Å². The number of ether oxygens (including phenoxy) is 1. The Morgan fingerprint density at radius 2 is 1.81 bits per heavy atom. The SMILES string of the molecule is COc1ccc(-c2ocnc2C(=O)N2CCc3[nH]nc(-c4ccccc4)c3CC2)cc1. The molecule has 2 aromatic heterocycles. The second-order valence-corrected chi connectivity index (χ2v) is 7.45. The van der Waals surface area contributed by atoms with Crippen LogP contribution in [0.3, 0.4) is 0 Å². The first-order chi connectivity index (χ1) is 15.2. The average molecular weight is 414 g/mol. The van der Waals surface area contributed by atoms with Gasteiger partial charge in [0, 0.05) is 41.9 Å². The van der Waals surface area contributed by atoms with Crippen LogP contribution in [0.1, 0.15) is 21.7 Å². The summed E-state index contributed by atoms with van der Waals surface area (Å²) in [5, 5.41) is 7.70. The standard InChI is InChI=1S/C24H22N4O3/c1-30-18-9-7-17(8-10-18)23-22(25-15-31-23)24(29)28-13-11-19-20(12-14-28)26-27-21(19)16-5-3-2-4-6-16/h2-10,15H,11-14H2,1H3,(H,26,27). The highest BCUT2D eigenvalue weighted by Gasteiger charge is 2.27. The summed E-state index contributed by atoms with van der Waals surface area (Å²) < 4.78 is 10.8. The first-order valence-corrected chi connectivity index (χ1v) is 10.2. The average Bonchev–Trinajstić information content (AvgIpc) is 3.42. The van der Waals surface area contributed by atoms with Gasteiger partial charge in [-0.1, -0.05) is 30.3 Å².